The minimum Gasteiger partial charge on any atom is -0.279 e. The first-order valence-electron chi connectivity index (χ1n) is 5.92. The monoisotopic (exact) mass is 357 g/mol. The first kappa shape index (κ1) is 16.6. The summed E-state index contributed by atoms with van der Waals surface area (Å²) in [5, 5.41) is 21.3. The maximum atomic E-state index is 12.2. The molecular formula is C12H8ClN3O6S. The lowest BCUT2D eigenvalue weighted by atomic mass is 10.3. The van der Waals surface area contributed by atoms with Crippen molar-refractivity contribution in [3.63, 3.8) is 0 Å². The van der Waals surface area contributed by atoms with E-state index < -0.39 is 31.2 Å². The summed E-state index contributed by atoms with van der Waals surface area (Å²) in [7, 11) is -4.14. The van der Waals surface area contributed by atoms with Gasteiger partial charge in [-0.05, 0) is 18.2 Å². The van der Waals surface area contributed by atoms with E-state index in [1.165, 1.54) is 24.3 Å². The predicted molar refractivity (Wildman–Crippen MR) is 82.0 cm³/mol. The van der Waals surface area contributed by atoms with Crippen molar-refractivity contribution < 1.29 is 18.3 Å². The SMILES string of the molecule is O=[N+]([O-])c1cccc(S(=O)(=O)Nc2ccc(Cl)c([N+](=O)[O-])c2)c1. The molecule has 1 N–H and O–H groups in total. The van der Waals surface area contributed by atoms with E-state index >= 15 is 0 Å². The van der Waals surface area contributed by atoms with Gasteiger partial charge < -0.3 is 0 Å². The van der Waals surface area contributed by atoms with Crippen molar-refractivity contribution >= 4 is 38.7 Å². The van der Waals surface area contributed by atoms with Gasteiger partial charge in [-0.1, -0.05) is 17.7 Å². The minimum atomic E-state index is -4.14. The number of nitro benzene ring substituents is 2. The first-order chi connectivity index (χ1) is 10.7. The molecule has 0 aromatic heterocycles. The number of sulfonamides is 1. The highest BCUT2D eigenvalue weighted by Crippen LogP contribution is 2.29. The van der Waals surface area contributed by atoms with Crippen molar-refractivity contribution in [2.24, 2.45) is 0 Å². The van der Waals surface area contributed by atoms with Crippen LogP contribution in [0, 0.1) is 20.2 Å². The second-order valence-corrected chi connectivity index (χ2v) is 6.37. The summed E-state index contributed by atoms with van der Waals surface area (Å²) in [6.45, 7) is 0. The predicted octanol–water partition coefficient (Wildman–Crippen LogP) is 2.96. The van der Waals surface area contributed by atoms with Crippen molar-refractivity contribution in [2.45, 2.75) is 4.90 Å². The molecule has 0 aliphatic rings. The Kier molecular flexibility index (Phi) is 4.48. The molecule has 0 saturated heterocycles. The first-order valence-corrected chi connectivity index (χ1v) is 7.78. The van der Waals surface area contributed by atoms with E-state index in [4.69, 9.17) is 11.6 Å². The molecular weight excluding hydrogens is 350 g/mol. The van der Waals surface area contributed by atoms with E-state index in [2.05, 4.69) is 4.72 Å². The second-order valence-electron chi connectivity index (χ2n) is 4.28. The van der Waals surface area contributed by atoms with Gasteiger partial charge in [0, 0.05) is 18.2 Å². The zero-order valence-electron chi connectivity index (χ0n) is 11.2. The molecule has 0 aliphatic heterocycles. The third-order valence-electron chi connectivity index (χ3n) is 2.73. The molecule has 2 aromatic carbocycles. The van der Waals surface area contributed by atoms with E-state index in [0.717, 1.165) is 18.2 Å². The number of non-ortho nitro benzene ring substituents is 1. The normalized spacial score (nSPS) is 11.0. The second kappa shape index (κ2) is 6.18. The van der Waals surface area contributed by atoms with Crippen LogP contribution >= 0.6 is 11.6 Å². The van der Waals surface area contributed by atoms with E-state index in [1.54, 1.807) is 0 Å². The number of benzene rings is 2. The average Bonchev–Trinajstić information content (AvgIpc) is 2.49. The maximum Gasteiger partial charge on any atom is 0.289 e. The molecule has 0 aliphatic carbocycles. The number of nitro groups is 2. The van der Waals surface area contributed by atoms with E-state index in [0.29, 0.717) is 0 Å². The highest BCUT2D eigenvalue weighted by atomic mass is 35.5. The van der Waals surface area contributed by atoms with Crippen LogP contribution in [0.5, 0.6) is 0 Å². The van der Waals surface area contributed by atoms with Crippen molar-refractivity contribution in [1.82, 2.24) is 0 Å². The third kappa shape index (κ3) is 3.73. The summed E-state index contributed by atoms with van der Waals surface area (Å²) in [5.74, 6) is 0. The lowest BCUT2D eigenvalue weighted by Crippen LogP contribution is -2.13. The largest absolute Gasteiger partial charge is 0.289 e. The van der Waals surface area contributed by atoms with Gasteiger partial charge in [-0.15, -0.1) is 0 Å². The zero-order valence-corrected chi connectivity index (χ0v) is 12.7. The van der Waals surface area contributed by atoms with Crippen LogP contribution in [-0.2, 0) is 10.0 Å². The Morgan fingerprint density at radius 1 is 1.00 bits per heavy atom. The molecule has 0 fully saturated rings. The van der Waals surface area contributed by atoms with Crippen molar-refractivity contribution in [1.29, 1.82) is 0 Å². The van der Waals surface area contributed by atoms with Crippen LogP contribution in [-0.4, -0.2) is 18.3 Å². The smallest absolute Gasteiger partial charge is 0.279 e. The van der Waals surface area contributed by atoms with Crippen LogP contribution < -0.4 is 4.72 Å². The van der Waals surface area contributed by atoms with Crippen molar-refractivity contribution in [3.05, 3.63) is 67.7 Å². The van der Waals surface area contributed by atoms with Gasteiger partial charge in [-0.25, -0.2) is 8.42 Å². The van der Waals surface area contributed by atoms with Gasteiger partial charge in [-0.2, -0.15) is 0 Å². The molecule has 0 amide bonds. The third-order valence-corrected chi connectivity index (χ3v) is 4.43. The van der Waals surface area contributed by atoms with E-state index in [1.807, 2.05) is 0 Å². The maximum absolute atomic E-state index is 12.2. The van der Waals surface area contributed by atoms with Crippen LogP contribution in [0.15, 0.2) is 47.4 Å². The molecule has 0 saturated carbocycles. The van der Waals surface area contributed by atoms with Gasteiger partial charge in [0.15, 0.2) is 0 Å². The number of nitrogens with one attached hydrogen (secondary N) is 1. The topological polar surface area (TPSA) is 132 Å². The molecule has 0 heterocycles. The summed E-state index contributed by atoms with van der Waals surface area (Å²) in [4.78, 5) is 19.7. The number of hydrogen-bond acceptors (Lipinski definition) is 6. The fourth-order valence-corrected chi connectivity index (χ4v) is 2.97. The molecule has 0 radical (unpaired) electrons. The molecule has 9 nitrogen and oxygen atoms in total. The quantitative estimate of drug-likeness (QED) is 0.646. The molecule has 0 atom stereocenters. The van der Waals surface area contributed by atoms with Crippen molar-refractivity contribution in [2.75, 3.05) is 4.72 Å². The Labute approximate surface area is 134 Å². The zero-order chi connectivity index (χ0) is 17.2. The van der Waals surface area contributed by atoms with Gasteiger partial charge in [0.25, 0.3) is 21.4 Å². The Morgan fingerprint density at radius 3 is 2.30 bits per heavy atom. The van der Waals surface area contributed by atoms with Gasteiger partial charge in [0.2, 0.25) is 0 Å². The van der Waals surface area contributed by atoms with Gasteiger partial charge >= 0.3 is 0 Å². The standard InChI is InChI=1S/C12H8ClN3O6S/c13-11-5-4-8(6-12(11)16(19)20)14-23(21,22)10-3-1-2-9(7-10)15(17)18/h1-7,14H. The molecule has 11 heteroatoms. The fourth-order valence-electron chi connectivity index (χ4n) is 1.69. The Hall–Kier alpha value is -2.72. The van der Waals surface area contributed by atoms with Gasteiger partial charge in [0.05, 0.1) is 20.4 Å². The highest BCUT2D eigenvalue weighted by molar-refractivity contribution is 7.92. The molecule has 0 spiro atoms. The number of anilines is 1. The molecule has 120 valence electrons. The number of rotatable bonds is 5. The van der Waals surface area contributed by atoms with E-state index in [-0.39, 0.29) is 15.6 Å². The Bertz CT molecular complexity index is 899. The molecule has 0 bridgehead atoms. The van der Waals surface area contributed by atoms with Crippen molar-refractivity contribution in [3.8, 4) is 0 Å². The van der Waals surface area contributed by atoms with E-state index in [9.17, 15) is 28.6 Å². The van der Waals surface area contributed by atoms with Crippen LogP contribution in [0.3, 0.4) is 0 Å². The molecule has 0 unspecified atom stereocenters. The fraction of sp³-hybridized carbons (Fsp3) is 0. The summed E-state index contributed by atoms with van der Waals surface area (Å²) in [6.07, 6.45) is 0. The molecule has 2 aromatic rings. The lowest BCUT2D eigenvalue weighted by Gasteiger charge is -2.08. The molecule has 2 rings (SSSR count). The summed E-state index contributed by atoms with van der Waals surface area (Å²) in [6, 6.07) is 7.78. The van der Waals surface area contributed by atoms with Crippen LogP contribution in [0.25, 0.3) is 0 Å². The Balaban J connectivity index is 2.39. The lowest BCUT2D eigenvalue weighted by molar-refractivity contribution is -0.385. The highest BCUT2D eigenvalue weighted by Gasteiger charge is 2.20. The average molecular weight is 358 g/mol. The van der Waals surface area contributed by atoms with Crippen LogP contribution in [0.4, 0.5) is 17.1 Å². The van der Waals surface area contributed by atoms with Gasteiger partial charge in [0.1, 0.15) is 5.02 Å². The van der Waals surface area contributed by atoms with Gasteiger partial charge in [-0.3, -0.25) is 25.0 Å². The summed E-state index contributed by atoms with van der Waals surface area (Å²) >= 11 is 5.64. The summed E-state index contributed by atoms with van der Waals surface area (Å²) in [5.41, 5.74) is -0.950. The number of halogens is 1. The molecule has 23 heavy (non-hydrogen) atoms. The number of nitrogens with zero attached hydrogens (tertiary/aromatic N) is 2. The Morgan fingerprint density at radius 2 is 1.70 bits per heavy atom. The summed E-state index contributed by atoms with van der Waals surface area (Å²) < 4.78 is 26.5. The van der Waals surface area contributed by atoms with Crippen LogP contribution in [0.1, 0.15) is 0 Å². The number of hydrogen-bond donors (Lipinski definition) is 1. The van der Waals surface area contributed by atoms with Crippen LogP contribution in [0.2, 0.25) is 5.02 Å². The minimum absolute atomic E-state index is 0.0902.